The number of carbonyl (C=O) groups excluding carboxylic acids is 1. The largest absolute Gasteiger partial charge is 0.488 e. The van der Waals surface area contributed by atoms with Crippen LogP contribution in [-0.2, 0) is 21.2 Å². The number of nitrogens with one attached hydrogen (secondary N) is 1. The van der Waals surface area contributed by atoms with E-state index in [1.54, 1.807) is 23.1 Å². The van der Waals surface area contributed by atoms with Crippen molar-refractivity contribution in [1.82, 2.24) is 9.80 Å². The van der Waals surface area contributed by atoms with Gasteiger partial charge in [0.1, 0.15) is 11.9 Å². The van der Waals surface area contributed by atoms with Crippen molar-refractivity contribution in [3.05, 3.63) is 23.8 Å². The van der Waals surface area contributed by atoms with Crippen LogP contribution < -0.4 is 9.46 Å². The third-order valence-electron chi connectivity index (χ3n) is 7.01. The van der Waals surface area contributed by atoms with Gasteiger partial charge >= 0.3 is 0 Å². The summed E-state index contributed by atoms with van der Waals surface area (Å²) < 4.78 is 32.4. The molecule has 3 atom stereocenters. The molecule has 0 bridgehead atoms. The Bertz CT molecular complexity index is 932. The number of nitrogens with zero attached hydrogens (tertiary/aromatic N) is 2. The van der Waals surface area contributed by atoms with Crippen LogP contribution in [0.4, 0.5) is 5.69 Å². The number of rotatable bonds is 8. The lowest BCUT2D eigenvalue weighted by Gasteiger charge is -2.35. The Morgan fingerprint density at radius 3 is 2.59 bits per heavy atom. The zero-order chi connectivity index (χ0) is 24.9. The second kappa shape index (κ2) is 11.7. The quantitative estimate of drug-likeness (QED) is 0.575. The van der Waals surface area contributed by atoms with Gasteiger partial charge < -0.3 is 19.6 Å². The van der Waals surface area contributed by atoms with E-state index < -0.39 is 10.0 Å². The molecular weight excluding hydrogens is 454 g/mol. The third kappa shape index (κ3) is 7.58. The molecule has 3 rings (SSSR count). The molecule has 0 unspecified atom stereocenters. The predicted octanol–water partition coefficient (Wildman–Crippen LogP) is 2.72. The number of fused-ring (bicyclic) bond motifs is 1. The van der Waals surface area contributed by atoms with Gasteiger partial charge in [-0.15, -0.1) is 0 Å². The highest BCUT2D eigenvalue weighted by molar-refractivity contribution is 7.92. The van der Waals surface area contributed by atoms with E-state index >= 15 is 0 Å². The van der Waals surface area contributed by atoms with Gasteiger partial charge in [-0.05, 0) is 50.9 Å². The number of hydrogen-bond acceptors (Lipinski definition) is 6. The summed E-state index contributed by atoms with van der Waals surface area (Å²) in [6, 6.07) is 4.79. The Hall–Kier alpha value is -1.84. The van der Waals surface area contributed by atoms with Gasteiger partial charge in [0.05, 0.1) is 25.3 Å². The maximum Gasteiger partial charge on any atom is 0.229 e. The van der Waals surface area contributed by atoms with Crippen LogP contribution in [0.2, 0.25) is 0 Å². The van der Waals surface area contributed by atoms with E-state index in [0.717, 1.165) is 25.3 Å². The first-order chi connectivity index (χ1) is 16.1. The number of ether oxygens (including phenoxy) is 1. The Balaban J connectivity index is 1.87. The van der Waals surface area contributed by atoms with Crippen molar-refractivity contribution in [1.29, 1.82) is 0 Å². The zero-order valence-electron chi connectivity index (χ0n) is 21.0. The molecule has 0 spiro atoms. The van der Waals surface area contributed by atoms with Gasteiger partial charge in [-0.25, -0.2) is 8.42 Å². The number of amides is 1. The Morgan fingerprint density at radius 2 is 1.94 bits per heavy atom. The normalized spacial score (nSPS) is 23.5. The fourth-order valence-electron chi connectivity index (χ4n) is 5.12. The predicted molar refractivity (Wildman–Crippen MR) is 135 cm³/mol. The smallest absolute Gasteiger partial charge is 0.229 e. The van der Waals surface area contributed by atoms with Gasteiger partial charge in [0.25, 0.3) is 0 Å². The van der Waals surface area contributed by atoms with E-state index in [4.69, 9.17) is 4.74 Å². The van der Waals surface area contributed by atoms with Crippen molar-refractivity contribution in [3.63, 3.8) is 0 Å². The molecule has 8 nitrogen and oxygen atoms in total. The number of benzene rings is 1. The highest BCUT2D eigenvalue weighted by Crippen LogP contribution is 2.30. The Morgan fingerprint density at radius 1 is 1.24 bits per heavy atom. The fourth-order valence-corrected chi connectivity index (χ4v) is 5.67. The molecule has 1 amide bonds. The van der Waals surface area contributed by atoms with Crippen LogP contribution in [0, 0.1) is 11.8 Å². The number of anilines is 1. The van der Waals surface area contributed by atoms with Gasteiger partial charge in [-0.3, -0.25) is 9.52 Å². The van der Waals surface area contributed by atoms with E-state index in [2.05, 4.69) is 23.6 Å². The second-order valence-electron chi connectivity index (χ2n) is 10.3. The molecule has 1 aromatic rings. The minimum absolute atomic E-state index is 0.0477. The van der Waals surface area contributed by atoms with Crippen molar-refractivity contribution in [2.75, 3.05) is 44.3 Å². The van der Waals surface area contributed by atoms with Gasteiger partial charge in [-0.1, -0.05) is 26.2 Å². The third-order valence-corrected chi connectivity index (χ3v) is 7.61. The van der Waals surface area contributed by atoms with Gasteiger partial charge in [0.2, 0.25) is 15.9 Å². The lowest BCUT2D eigenvalue weighted by atomic mass is 9.89. The summed E-state index contributed by atoms with van der Waals surface area (Å²) in [6.07, 6.45) is 7.53. The number of sulfonamides is 1. The summed E-state index contributed by atoms with van der Waals surface area (Å²) in [5, 5.41) is 9.77. The van der Waals surface area contributed by atoms with E-state index in [9.17, 15) is 18.3 Å². The molecular formula is C25H41N3O5S. The van der Waals surface area contributed by atoms with Crippen LogP contribution in [0.3, 0.4) is 0 Å². The van der Waals surface area contributed by atoms with E-state index in [1.807, 2.05) is 6.92 Å². The number of aliphatic hydroxyl groups excluding tert-OH is 1. The van der Waals surface area contributed by atoms with Crippen molar-refractivity contribution in [2.24, 2.45) is 11.8 Å². The number of likely N-dealkylation sites (N-methyl/N-ethyl adjacent to an activating group) is 1. The summed E-state index contributed by atoms with van der Waals surface area (Å²) in [7, 11) is -1.31. The van der Waals surface area contributed by atoms with Crippen LogP contribution in [-0.4, -0.2) is 80.9 Å². The Kier molecular flexibility index (Phi) is 9.23. The number of aliphatic hydroxyl groups is 1. The maximum absolute atomic E-state index is 13.2. The number of carbonyl (C=O) groups is 1. The summed E-state index contributed by atoms with van der Waals surface area (Å²) in [6.45, 7) is 6.07. The summed E-state index contributed by atoms with van der Waals surface area (Å²) in [4.78, 5) is 17.3. The fraction of sp³-hybridized carbons (Fsp3) is 0.720. The molecule has 0 saturated heterocycles. The molecule has 1 fully saturated rings. The average molecular weight is 496 g/mol. The average Bonchev–Trinajstić information content (AvgIpc) is 2.81. The van der Waals surface area contributed by atoms with Crippen LogP contribution in [0.5, 0.6) is 5.75 Å². The minimum Gasteiger partial charge on any atom is -0.488 e. The summed E-state index contributed by atoms with van der Waals surface area (Å²) in [5.41, 5.74) is 1.04. The first-order valence-corrected chi connectivity index (χ1v) is 14.3. The van der Waals surface area contributed by atoms with Gasteiger partial charge in [0.15, 0.2) is 0 Å². The highest BCUT2D eigenvalue weighted by atomic mass is 32.2. The zero-order valence-corrected chi connectivity index (χ0v) is 21.8. The molecule has 1 aliphatic heterocycles. The second-order valence-corrected chi connectivity index (χ2v) is 12.1. The molecule has 1 aromatic carbocycles. The molecule has 1 saturated carbocycles. The molecule has 0 radical (unpaired) electrons. The maximum atomic E-state index is 13.2. The van der Waals surface area contributed by atoms with Crippen molar-refractivity contribution in [3.8, 4) is 5.75 Å². The lowest BCUT2D eigenvalue weighted by molar-refractivity contribution is -0.134. The van der Waals surface area contributed by atoms with Gasteiger partial charge in [-0.2, -0.15) is 0 Å². The monoisotopic (exact) mass is 495 g/mol. The Labute approximate surface area is 204 Å². The molecule has 1 aliphatic carbocycles. The van der Waals surface area contributed by atoms with E-state index in [0.29, 0.717) is 23.5 Å². The summed E-state index contributed by atoms with van der Waals surface area (Å²) >= 11 is 0. The minimum atomic E-state index is -3.44. The molecule has 34 heavy (non-hydrogen) atoms. The SMILES string of the molecule is C[C@H]1CN([C@@H](C)CO)C(=O)Cc2cc(NS(C)(=O)=O)ccc2O[C@@H]1CN(C)CC1CCCCC1. The molecule has 2 N–H and O–H groups in total. The van der Waals surface area contributed by atoms with Crippen molar-refractivity contribution in [2.45, 2.75) is 64.5 Å². The van der Waals surface area contributed by atoms with E-state index in [-0.39, 0.29) is 37.0 Å². The first-order valence-electron chi connectivity index (χ1n) is 12.4. The van der Waals surface area contributed by atoms with Crippen LogP contribution in [0.25, 0.3) is 0 Å². The van der Waals surface area contributed by atoms with Crippen LogP contribution in [0.1, 0.15) is 51.5 Å². The van der Waals surface area contributed by atoms with Crippen LogP contribution in [0.15, 0.2) is 18.2 Å². The molecule has 1 heterocycles. The standard InChI is InChI=1S/C25H41N3O5S/c1-18-14-28(19(2)17-29)25(30)13-21-12-22(26-34(4,31)32)10-11-23(21)33-24(18)16-27(3)15-20-8-6-5-7-9-20/h10-12,18-20,24,26,29H,5-9,13-17H2,1-4H3/t18-,19-,24+/m0/s1. The number of hydrogen-bond donors (Lipinski definition) is 2. The highest BCUT2D eigenvalue weighted by Gasteiger charge is 2.31. The van der Waals surface area contributed by atoms with Crippen molar-refractivity contribution >= 4 is 21.6 Å². The molecule has 0 aromatic heterocycles. The molecule has 9 heteroatoms. The topological polar surface area (TPSA) is 99.2 Å². The lowest BCUT2D eigenvalue weighted by Crippen LogP contribution is -2.48. The molecule has 192 valence electrons. The van der Waals surface area contributed by atoms with Crippen molar-refractivity contribution < 1.29 is 23.1 Å². The van der Waals surface area contributed by atoms with Gasteiger partial charge in [0, 0.05) is 36.8 Å². The van der Waals surface area contributed by atoms with Crippen LogP contribution >= 0.6 is 0 Å². The summed E-state index contributed by atoms with van der Waals surface area (Å²) in [5.74, 6) is 1.26. The first kappa shape index (κ1) is 26.8. The van der Waals surface area contributed by atoms with E-state index in [1.165, 1.54) is 32.1 Å². The molecule has 2 aliphatic rings.